The van der Waals surface area contributed by atoms with Crippen LogP contribution in [0.4, 0.5) is 16.4 Å². The van der Waals surface area contributed by atoms with Gasteiger partial charge in [-0.15, -0.1) is 0 Å². The van der Waals surface area contributed by atoms with Gasteiger partial charge in [-0.25, -0.2) is 14.5 Å². The molecule has 0 aliphatic rings. The highest BCUT2D eigenvalue weighted by Crippen LogP contribution is 2.29. The van der Waals surface area contributed by atoms with E-state index in [1.165, 1.54) is 10.7 Å². The number of pyridine rings is 1. The lowest BCUT2D eigenvalue weighted by Gasteiger charge is -2.19. The van der Waals surface area contributed by atoms with Crippen molar-refractivity contribution in [3.63, 3.8) is 0 Å². The van der Waals surface area contributed by atoms with Crippen molar-refractivity contribution in [1.82, 2.24) is 14.8 Å². The lowest BCUT2D eigenvalue weighted by molar-refractivity contribution is 0.0635. The molecule has 0 saturated heterocycles. The zero-order valence-corrected chi connectivity index (χ0v) is 22.7. The number of nitrogens with zero attached hydrogens (tertiary/aromatic N) is 3. The largest absolute Gasteiger partial charge is 0.444 e. The number of halogens is 2. The number of aromatic nitrogens is 3. The van der Waals surface area contributed by atoms with E-state index in [1.807, 2.05) is 6.07 Å². The van der Waals surface area contributed by atoms with Crippen molar-refractivity contribution in [2.75, 3.05) is 10.6 Å². The molecule has 4 rings (SSSR count). The summed E-state index contributed by atoms with van der Waals surface area (Å²) in [6.07, 6.45) is -0.712. The van der Waals surface area contributed by atoms with Crippen molar-refractivity contribution < 1.29 is 19.1 Å². The van der Waals surface area contributed by atoms with Crippen LogP contribution in [-0.2, 0) is 4.74 Å². The number of carbonyl (C=O) groups is 3. The molecule has 0 radical (unpaired) electrons. The number of para-hydroxylation sites is 1. The summed E-state index contributed by atoms with van der Waals surface area (Å²) in [4.78, 5) is 41.7. The van der Waals surface area contributed by atoms with Gasteiger partial charge in [-0.2, -0.15) is 5.10 Å². The standard InChI is InChI=1S/C27H24Cl2N6O4/c1-27(2,3)39-26(38)33-24-19(29)11-12-20(31-24)15-9-10-18(28)17(13-15)25(37)32-22-14-21(23(30)36)34-35(22)16-7-5-4-6-8-16/h4-14H,1-3H3,(H2,30,36)(H,32,37)(H,31,33,38). The lowest BCUT2D eigenvalue weighted by atomic mass is 10.1. The Bertz CT molecular complexity index is 1560. The van der Waals surface area contributed by atoms with Crippen LogP contribution in [0.5, 0.6) is 0 Å². The average molecular weight is 567 g/mol. The van der Waals surface area contributed by atoms with Gasteiger partial charge in [0.15, 0.2) is 11.5 Å². The number of amides is 3. The van der Waals surface area contributed by atoms with Crippen LogP contribution in [0, 0.1) is 0 Å². The number of nitrogens with two attached hydrogens (primary N) is 1. The molecule has 2 aromatic carbocycles. The maximum absolute atomic E-state index is 13.3. The van der Waals surface area contributed by atoms with Gasteiger partial charge in [0.2, 0.25) is 0 Å². The van der Waals surface area contributed by atoms with Crippen molar-refractivity contribution >= 4 is 52.7 Å². The lowest BCUT2D eigenvalue weighted by Crippen LogP contribution is -2.27. The number of primary amides is 1. The quantitative estimate of drug-likeness (QED) is 0.263. The maximum atomic E-state index is 13.3. The van der Waals surface area contributed by atoms with E-state index in [0.717, 1.165) is 0 Å². The van der Waals surface area contributed by atoms with E-state index in [0.29, 0.717) is 16.9 Å². The Kier molecular flexibility index (Phi) is 7.89. The molecule has 2 heterocycles. The Hall–Kier alpha value is -4.41. The Balaban J connectivity index is 1.64. The van der Waals surface area contributed by atoms with Gasteiger partial charge >= 0.3 is 6.09 Å². The summed E-state index contributed by atoms with van der Waals surface area (Å²) in [6.45, 7) is 5.21. The van der Waals surface area contributed by atoms with Gasteiger partial charge in [0, 0.05) is 11.6 Å². The molecule has 12 heteroatoms. The smallest absolute Gasteiger partial charge is 0.413 e. The summed E-state index contributed by atoms with van der Waals surface area (Å²) in [5.41, 5.74) is 6.37. The number of hydrogen-bond acceptors (Lipinski definition) is 6. The van der Waals surface area contributed by atoms with E-state index in [1.54, 1.807) is 75.4 Å². The summed E-state index contributed by atoms with van der Waals surface area (Å²) >= 11 is 12.6. The molecule has 200 valence electrons. The molecule has 0 unspecified atom stereocenters. The van der Waals surface area contributed by atoms with E-state index in [4.69, 9.17) is 33.7 Å². The second kappa shape index (κ2) is 11.1. The number of rotatable bonds is 6. The molecule has 10 nitrogen and oxygen atoms in total. The number of ether oxygens (including phenoxy) is 1. The third kappa shape index (κ3) is 6.73. The maximum Gasteiger partial charge on any atom is 0.413 e. The molecule has 0 fully saturated rings. The van der Waals surface area contributed by atoms with Crippen molar-refractivity contribution in [2.45, 2.75) is 26.4 Å². The molecule has 0 saturated carbocycles. The first-order valence-corrected chi connectivity index (χ1v) is 12.4. The van der Waals surface area contributed by atoms with Gasteiger partial charge < -0.3 is 15.8 Å². The van der Waals surface area contributed by atoms with Crippen LogP contribution in [0.2, 0.25) is 10.0 Å². The van der Waals surface area contributed by atoms with Gasteiger partial charge in [0.05, 0.1) is 27.0 Å². The zero-order chi connectivity index (χ0) is 28.3. The fourth-order valence-corrected chi connectivity index (χ4v) is 3.85. The number of hydrogen-bond donors (Lipinski definition) is 3. The minimum atomic E-state index is -0.746. The SMILES string of the molecule is CC(C)(C)OC(=O)Nc1nc(-c2ccc(Cl)c(C(=O)Nc3cc(C(N)=O)nn3-c3ccccc3)c2)ccc1Cl. The monoisotopic (exact) mass is 566 g/mol. The van der Waals surface area contributed by atoms with E-state index in [-0.39, 0.29) is 32.9 Å². The summed E-state index contributed by atoms with van der Waals surface area (Å²) < 4.78 is 6.66. The third-order valence-corrected chi connectivity index (χ3v) is 5.81. The predicted octanol–water partition coefficient (Wildman–Crippen LogP) is 5.94. The van der Waals surface area contributed by atoms with E-state index in [2.05, 4.69) is 20.7 Å². The van der Waals surface area contributed by atoms with Gasteiger partial charge in [0.1, 0.15) is 11.4 Å². The Morgan fingerprint density at radius 3 is 2.28 bits per heavy atom. The van der Waals surface area contributed by atoms with Crippen molar-refractivity contribution in [1.29, 1.82) is 0 Å². The van der Waals surface area contributed by atoms with Crippen LogP contribution in [0.25, 0.3) is 16.9 Å². The molecular formula is C27H24Cl2N6O4. The highest BCUT2D eigenvalue weighted by Gasteiger charge is 2.20. The fraction of sp³-hybridized carbons (Fsp3) is 0.148. The van der Waals surface area contributed by atoms with Gasteiger partial charge in [-0.05, 0) is 57.2 Å². The van der Waals surface area contributed by atoms with Crippen molar-refractivity contribution in [3.05, 3.63) is 88.0 Å². The Morgan fingerprint density at radius 1 is 0.923 bits per heavy atom. The molecule has 0 atom stereocenters. The van der Waals surface area contributed by atoms with Gasteiger partial charge in [0.25, 0.3) is 11.8 Å². The van der Waals surface area contributed by atoms with Crippen LogP contribution in [0.3, 0.4) is 0 Å². The summed E-state index contributed by atoms with van der Waals surface area (Å²) in [7, 11) is 0. The summed E-state index contributed by atoms with van der Waals surface area (Å²) in [5.74, 6) is -0.995. The molecule has 3 amide bonds. The fourth-order valence-electron chi connectivity index (χ4n) is 3.49. The predicted molar refractivity (Wildman–Crippen MR) is 150 cm³/mol. The Labute approximate surface area is 234 Å². The highest BCUT2D eigenvalue weighted by atomic mass is 35.5. The van der Waals surface area contributed by atoms with Crippen LogP contribution in [0.1, 0.15) is 41.6 Å². The number of benzene rings is 2. The summed E-state index contributed by atoms with van der Waals surface area (Å²) in [6, 6.07) is 18.3. The van der Waals surface area contributed by atoms with E-state index >= 15 is 0 Å². The second-order valence-electron chi connectivity index (χ2n) is 9.33. The number of carbonyl (C=O) groups excluding carboxylic acids is 3. The number of anilines is 2. The molecule has 39 heavy (non-hydrogen) atoms. The summed E-state index contributed by atoms with van der Waals surface area (Å²) in [5, 5.41) is 9.87. The van der Waals surface area contributed by atoms with Crippen LogP contribution in [-0.4, -0.2) is 38.3 Å². The topological polar surface area (TPSA) is 141 Å². The molecule has 0 spiro atoms. The third-order valence-electron chi connectivity index (χ3n) is 5.18. The average Bonchev–Trinajstić information content (AvgIpc) is 3.29. The first-order chi connectivity index (χ1) is 18.4. The van der Waals surface area contributed by atoms with Gasteiger partial charge in [-0.3, -0.25) is 14.9 Å². The molecule has 0 aliphatic carbocycles. The normalized spacial score (nSPS) is 11.1. The first-order valence-electron chi connectivity index (χ1n) is 11.6. The highest BCUT2D eigenvalue weighted by molar-refractivity contribution is 6.34. The number of nitrogens with one attached hydrogen (secondary N) is 2. The van der Waals surface area contributed by atoms with E-state index in [9.17, 15) is 14.4 Å². The van der Waals surface area contributed by atoms with Gasteiger partial charge in [-0.1, -0.05) is 47.5 Å². The molecule has 2 aromatic heterocycles. The molecular weight excluding hydrogens is 543 g/mol. The van der Waals surface area contributed by atoms with Crippen LogP contribution < -0.4 is 16.4 Å². The van der Waals surface area contributed by atoms with E-state index < -0.39 is 23.5 Å². The van der Waals surface area contributed by atoms with Crippen LogP contribution >= 0.6 is 23.2 Å². The zero-order valence-electron chi connectivity index (χ0n) is 21.2. The minimum absolute atomic E-state index is 0.0237. The van der Waals surface area contributed by atoms with Crippen molar-refractivity contribution in [2.24, 2.45) is 5.73 Å². The molecule has 4 aromatic rings. The molecule has 0 bridgehead atoms. The van der Waals surface area contributed by atoms with Crippen LogP contribution in [0.15, 0.2) is 66.7 Å². The Morgan fingerprint density at radius 2 is 1.62 bits per heavy atom. The minimum Gasteiger partial charge on any atom is -0.444 e. The first kappa shape index (κ1) is 27.6. The second-order valence-corrected chi connectivity index (χ2v) is 10.1. The molecule has 4 N–H and O–H groups in total. The molecule has 0 aliphatic heterocycles. The van der Waals surface area contributed by atoms with Crippen molar-refractivity contribution in [3.8, 4) is 16.9 Å².